The van der Waals surface area contributed by atoms with Crippen LogP contribution in [0.5, 0.6) is 0 Å². The number of amides is 6. The Hall–Kier alpha value is -7.55. The average molecular weight is 1090 g/mol. The van der Waals surface area contributed by atoms with Crippen LogP contribution in [0.3, 0.4) is 0 Å². The molecule has 4 atom stereocenters. The summed E-state index contributed by atoms with van der Waals surface area (Å²) in [5.74, 6) is -5.98. The van der Waals surface area contributed by atoms with Crippen molar-refractivity contribution < 1.29 is 78.3 Å². The minimum Gasteiger partial charge on any atom is -0.573 e. The average Bonchev–Trinajstić information content (AvgIpc) is 3.88. The molecule has 3 heterocycles. The topological polar surface area (TPSA) is 304 Å². The zero-order valence-corrected chi connectivity index (χ0v) is 42.4. The van der Waals surface area contributed by atoms with Gasteiger partial charge >= 0.3 is 38.1 Å². The summed E-state index contributed by atoms with van der Waals surface area (Å²) in [6.45, 7) is 20.5. The van der Waals surface area contributed by atoms with Crippen LogP contribution in [0.25, 0.3) is 0 Å². The Morgan fingerprint density at radius 1 is 0.726 bits per heavy atom. The van der Waals surface area contributed by atoms with Crippen LogP contribution in [-0.4, -0.2) is 129 Å². The molecule has 5 rings (SSSR count). The van der Waals surface area contributed by atoms with Crippen molar-refractivity contribution in [3.05, 3.63) is 120 Å². The summed E-state index contributed by atoms with van der Waals surface area (Å²) in [5, 5.41) is 32.9. The molecule has 0 spiro atoms. The number of rotatable bonds is 23. The summed E-state index contributed by atoms with van der Waals surface area (Å²) < 4.78 is 0. The van der Waals surface area contributed by atoms with Gasteiger partial charge < -0.3 is 76.4 Å². The molecule has 0 aliphatic carbocycles. The van der Waals surface area contributed by atoms with E-state index in [4.69, 9.17) is 14.4 Å². The molecule has 73 heavy (non-hydrogen) atoms. The molecular formula is C51H59N9O12Tc+. The monoisotopic (exact) mass is 1090 g/mol. The number of aromatic nitrogens is 2. The van der Waals surface area contributed by atoms with E-state index in [9.17, 15) is 43.8 Å². The Labute approximate surface area is 438 Å². The molecule has 0 unspecified atom stereocenters. The van der Waals surface area contributed by atoms with Gasteiger partial charge in [-0.05, 0) is 105 Å². The maximum Gasteiger partial charge on any atom is 4.00 e. The van der Waals surface area contributed by atoms with Gasteiger partial charge in [0, 0.05) is 43.4 Å². The first-order chi connectivity index (χ1) is 34.7. The third-order valence-corrected chi connectivity index (χ3v) is 11.1. The second kappa shape index (κ2) is 34.7. The molecule has 22 heteroatoms. The summed E-state index contributed by atoms with van der Waals surface area (Å²) in [4.78, 5) is 126. The second-order valence-electron chi connectivity index (χ2n) is 16.7. The fraction of sp³-hybridized carbons (Fsp3) is 0.373. The molecular weight excluding hydrogens is 1030 g/mol. The number of carboxylic acid groups (broad SMARTS) is 2. The van der Waals surface area contributed by atoms with Gasteiger partial charge in [0.15, 0.2) is 0 Å². The number of para-hydroxylation sites is 1. The molecule has 1 aliphatic heterocycles. The first-order valence-electron chi connectivity index (χ1n) is 22.7. The second-order valence-corrected chi connectivity index (χ2v) is 16.7. The van der Waals surface area contributed by atoms with Gasteiger partial charge in [0.1, 0.15) is 24.2 Å². The van der Waals surface area contributed by atoms with Crippen molar-refractivity contribution in [3.63, 3.8) is 0 Å². The van der Waals surface area contributed by atoms with Crippen LogP contribution < -0.4 is 26.6 Å². The molecule has 0 bridgehead atoms. The number of nitrogens with one attached hydrogen (secondary N) is 5. The normalized spacial score (nSPS) is 13.5. The zero-order chi connectivity index (χ0) is 53.6. The van der Waals surface area contributed by atoms with Crippen molar-refractivity contribution in [1.82, 2.24) is 35.7 Å². The third kappa shape index (κ3) is 22.2. The van der Waals surface area contributed by atoms with Gasteiger partial charge in [-0.3, -0.25) is 38.8 Å². The molecule has 4 radical (unpaired) electrons. The number of unbranched alkanes of at least 4 members (excludes halogenated alkanes) is 1. The number of nitrogens with zero attached hydrogens (tertiary/aromatic N) is 4. The Bertz CT molecular complexity index is 2300. The van der Waals surface area contributed by atoms with E-state index in [0.717, 1.165) is 17.0 Å². The number of aryl methyl sites for hydroxylation is 1. The number of likely N-dealkylation sites (tertiary alicyclic amines) is 1. The smallest absolute Gasteiger partial charge is 0.573 e. The fourth-order valence-electron chi connectivity index (χ4n) is 7.63. The number of pyridine rings is 2. The van der Waals surface area contributed by atoms with Crippen molar-refractivity contribution in [2.75, 3.05) is 23.7 Å². The van der Waals surface area contributed by atoms with Crippen LogP contribution in [0.1, 0.15) is 74.9 Å². The standard InChI is InChI=1S/C48H59N9O9.3CO.Tc/c1-31(2)43(46(63)57-26-12-18-40(57)47(64)65)55-45(62)39(28-42(59)60)53-44(61)38(17-8-11-25-56(29-35-14-6-9-23-49-35)30-36-15-7-10-24-50-36)52-41(58)27-33-19-21-34(22-20-33)51-48(66)54-37-16-5-4-13-32(37)3;3*1-2;/h4-7,9-10,13-16,19-24,31,38-40,43H,8,11-12,17-18,25-30H2,1-3H3,(H,52,58)(H,53,61)(H,55,62)(H,59,60)(H,64,65)(H2,51,54,66);;;;/q;3*-1;+4/t38-,39-,40-,43-;;;;/m0..../s1. The molecule has 7 N–H and O–H groups in total. The van der Waals surface area contributed by atoms with Gasteiger partial charge in [-0.25, -0.2) is 9.59 Å². The van der Waals surface area contributed by atoms with Crippen LogP contribution in [0.15, 0.2) is 97.3 Å². The number of anilines is 2. The van der Waals surface area contributed by atoms with Crippen molar-refractivity contribution in [3.8, 4) is 0 Å². The number of carbonyl (C=O) groups is 7. The predicted molar refractivity (Wildman–Crippen MR) is 263 cm³/mol. The van der Waals surface area contributed by atoms with Crippen LogP contribution in [0, 0.1) is 12.8 Å². The van der Waals surface area contributed by atoms with Crippen LogP contribution >= 0.6 is 0 Å². The summed E-state index contributed by atoms with van der Waals surface area (Å²) in [5.41, 5.74) is 4.33. The van der Waals surface area contributed by atoms with Gasteiger partial charge in [-0.1, -0.05) is 56.3 Å². The molecule has 1 fully saturated rings. The molecule has 2 aromatic carbocycles. The van der Waals surface area contributed by atoms with Gasteiger partial charge in [0.2, 0.25) is 23.6 Å². The van der Waals surface area contributed by atoms with Gasteiger partial charge in [-0.2, -0.15) is 0 Å². The molecule has 6 amide bonds. The van der Waals surface area contributed by atoms with Crippen LogP contribution in [0.4, 0.5) is 16.2 Å². The SMILES string of the molecule is Cc1ccccc1NC(=O)Nc1ccc(CC(=O)N[C@@H](CCCCN(Cc2ccccn2)Cc2ccccn2)C(=O)N[C@@H](CC(=O)O)C(=O)N[C@H](C(=O)N2CCC[C@H]2C(=O)O)C(C)C)cc1.[C-]=O.[C-]=O.[C-]=O.[Tc+4]. The van der Waals surface area contributed by atoms with E-state index in [1.807, 2.05) is 61.5 Å². The number of benzene rings is 2. The molecule has 2 aromatic heterocycles. The zero-order valence-electron chi connectivity index (χ0n) is 40.5. The Morgan fingerprint density at radius 2 is 1.30 bits per heavy atom. The predicted octanol–water partition coefficient (Wildman–Crippen LogP) is 3.31. The molecule has 1 aliphatic rings. The van der Waals surface area contributed by atoms with E-state index < -0.39 is 78.1 Å². The van der Waals surface area contributed by atoms with E-state index in [2.05, 4.69) is 61.8 Å². The fourth-order valence-corrected chi connectivity index (χ4v) is 7.63. The number of aliphatic carboxylic acids is 2. The van der Waals surface area contributed by atoms with E-state index in [0.29, 0.717) is 55.8 Å². The summed E-state index contributed by atoms with van der Waals surface area (Å²) in [7, 11) is 0. The van der Waals surface area contributed by atoms with E-state index in [-0.39, 0.29) is 45.9 Å². The molecule has 0 saturated carbocycles. The molecule has 4 aromatic rings. The van der Waals surface area contributed by atoms with Crippen molar-refractivity contribution >= 4 is 73.3 Å². The summed E-state index contributed by atoms with van der Waals surface area (Å²) >= 11 is 0. The quantitative estimate of drug-likeness (QED) is 0.0414. The van der Waals surface area contributed by atoms with Gasteiger partial charge in [0.25, 0.3) is 0 Å². The molecule has 386 valence electrons. The molecule has 1 saturated heterocycles. The maximum atomic E-state index is 14.1. The number of carboxylic acids is 2. The number of hydrogen-bond donors (Lipinski definition) is 7. The van der Waals surface area contributed by atoms with Crippen LogP contribution in [-0.2, 0) is 82.8 Å². The first-order valence-corrected chi connectivity index (χ1v) is 22.7. The maximum absolute atomic E-state index is 14.1. The van der Waals surface area contributed by atoms with Gasteiger partial charge in [0.05, 0.1) is 24.2 Å². The van der Waals surface area contributed by atoms with Crippen molar-refractivity contribution in [1.29, 1.82) is 0 Å². The molecule has 21 nitrogen and oxygen atoms in total. The largest absolute Gasteiger partial charge is 4.00 e. The minimum atomic E-state index is -1.65. The van der Waals surface area contributed by atoms with Gasteiger partial charge in [-0.15, -0.1) is 0 Å². The van der Waals surface area contributed by atoms with Crippen molar-refractivity contribution in [2.45, 2.75) is 103 Å². The van der Waals surface area contributed by atoms with E-state index in [1.54, 1.807) is 56.6 Å². The number of urea groups is 1. The first kappa shape index (κ1) is 63.5. The van der Waals surface area contributed by atoms with Crippen LogP contribution in [0.2, 0.25) is 0 Å². The minimum absolute atomic E-state index is 0. The Morgan fingerprint density at radius 3 is 1.84 bits per heavy atom. The third-order valence-electron chi connectivity index (χ3n) is 11.1. The number of hydrogen-bond acceptors (Lipinski definition) is 13. The Kier molecular flexibility index (Phi) is 30.2. The summed E-state index contributed by atoms with van der Waals surface area (Å²) in [6.07, 6.45) is 4.32. The van der Waals surface area contributed by atoms with E-state index >= 15 is 0 Å². The van der Waals surface area contributed by atoms with Crippen molar-refractivity contribution in [2.24, 2.45) is 5.92 Å². The number of carbonyl (C=O) groups excluding carboxylic acids is 8. The Balaban J connectivity index is 0.00000367. The summed E-state index contributed by atoms with van der Waals surface area (Å²) in [6, 6.07) is 19.7. The van der Waals surface area contributed by atoms with E-state index in [1.165, 1.54) is 4.90 Å².